The molecule has 0 aromatic rings. The van der Waals surface area contributed by atoms with E-state index in [1.807, 2.05) is 6.92 Å². The van der Waals surface area contributed by atoms with E-state index in [-0.39, 0.29) is 25.1 Å². The van der Waals surface area contributed by atoms with E-state index in [0.717, 1.165) is 25.7 Å². The number of nitrogens with two attached hydrogens (primary N) is 1. The molecule has 0 spiro atoms. The van der Waals surface area contributed by atoms with Gasteiger partial charge in [-0.25, -0.2) is 0 Å². The molecule has 1 rings (SSSR count). The largest absolute Gasteiger partial charge is 0.328 e. The molecule has 0 aliphatic heterocycles. The molecule has 1 aliphatic carbocycles. The number of hydrogen-bond donors (Lipinski definition) is 1. The molecule has 0 radical (unpaired) electrons. The summed E-state index contributed by atoms with van der Waals surface area (Å²) in [4.78, 5) is 14.3. The molecular formula is C9H19ClN2O3. The molecule has 1 fully saturated rings. The van der Waals surface area contributed by atoms with E-state index in [9.17, 15) is 10.1 Å². The fraction of sp³-hybridized carbons (Fsp3) is 1.00. The molecule has 1 unspecified atom stereocenters. The maximum atomic E-state index is 9.98. The van der Waals surface area contributed by atoms with Crippen LogP contribution in [0.25, 0.3) is 0 Å². The summed E-state index contributed by atoms with van der Waals surface area (Å²) in [6.45, 7) is 2.27. The Kier molecular flexibility index (Phi) is 6.60. The first-order valence-electron chi connectivity index (χ1n) is 5.12. The Morgan fingerprint density at radius 2 is 2.00 bits per heavy atom. The SMILES string of the molecule is CC(N)C1CCC(CO[N+](=O)[O-])CC1.Cl. The lowest BCUT2D eigenvalue weighted by Crippen LogP contribution is -2.31. The van der Waals surface area contributed by atoms with Crippen molar-refractivity contribution in [2.75, 3.05) is 6.61 Å². The fourth-order valence-corrected chi connectivity index (χ4v) is 2.05. The van der Waals surface area contributed by atoms with Gasteiger partial charge in [-0.05, 0) is 44.4 Å². The fourth-order valence-electron chi connectivity index (χ4n) is 2.05. The van der Waals surface area contributed by atoms with Crippen LogP contribution in [0.2, 0.25) is 0 Å². The van der Waals surface area contributed by atoms with Crippen LogP contribution in [0.1, 0.15) is 32.6 Å². The van der Waals surface area contributed by atoms with Gasteiger partial charge in [-0.2, -0.15) is 0 Å². The van der Waals surface area contributed by atoms with Crippen LogP contribution in [0, 0.1) is 22.0 Å². The average molecular weight is 239 g/mol. The van der Waals surface area contributed by atoms with Gasteiger partial charge in [-0.15, -0.1) is 22.5 Å². The molecule has 1 saturated carbocycles. The molecule has 0 bridgehead atoms. The molecule has 90 valence electrons. The summed E-state index contributed by atoms with van der Waals surface area (Å²) in [6, 6.07) is 0.243. The van der Waals surface area contributed by atoms with Gasteiger partial charge in [-0.3, -0.25) is 0 Å². The lowest BCUT2D eigenvalue weighted by molar-refractivity contribution is -0.759. The first-order valence-corrected chi connectivity index (χ1v) is 5.12. The molecule has 15 heavy (non-hydrogen) atoms. The van der Waals surface area contributed by atoms with Gasteiger partial charge >= 0.3 is 0 Å². The van der Waals surface area contributed by atoms with Gasteiger partial charge < -0.3 is 10.6 Å². The summed E-state index contributed by atoms with van der Waals surface area (Å²) >= 11 is 0. The van der Waals surface area contributed by atoms with Crippen molar-refractivity contribution in [2.24, 2.45) is 17.6 Å². The maximum Gasteiger partial charge on any atom is 0.294 e. The predicted molar refractivity (Wildman–Crippen MR) is 59.3 cm³/mol. The number of rotatable bonds is 4. The summed E-state index contributed by atoms with van der Waals surface area (Å²) in [5.41, 5.74) is 5.80. The average Bonchev–Trinajstić information content (AvgIpc) is 2.15. The van der Waals surface area contributed by atoms with Crippen LogP contribution in [0.4, 0.5) is 0 Å². The highest BCUT2D eigenvalue weighted by Crippen LogP contribution is 2.30. The van der Waals surface area contributed by atoms with Crippen LogP contribution in [0.3, 0.4) is 0 Å². The van der Waals surface area contributed by atoms with E-state index in [1.54, 1.807) is 0 Å². The standard InChI is InChI=1S/C9H18N2O3.ClH/c1-7(10)9-4-2-8(3-5-9)6-14-11(12)13;/h7-9H,2-6,10H2,1H3;1H. The van der Waals surface area contributed by atoms with Gasteiger partial charge in [0.15, 0.2) is 0 Å². The number of nitrogens with zero attached hydrogens (tertiary/aromatic N) is 1. The van der Waals surface area contributed by atoms with E-state index in [1.165, 1.54) is 0 Å². The number of hydrogen-bond acceptors (Lipinski definition) is 4. The monoisotopic (exact) mass is 238 g/mol. The van der Waals surface area contributed by atoms with Crippen LogP contribution in [-0.4, -0.2) is 17.7 Å². The van der Waals surface area contributed by atoms with Gasteiger partial charge in [0.2, 0.25) is 0 Å². The molecule has 0 aromatic heterocycles. The number of halogens is 1. The van der Waals surface area contributed by atoms with Crippen molar-refractivity contribution < 1.29 is 9.92 Å². The summed E-state index contributed by atoms with van der Waals surface area (Å²) in [5.74, 6) is 0.928. The first-order chi connectivity index (χ1) is 6.59. The molecule has 1 aliphatic rings. The van der Waals surface area contributed by atoms with Crippen molar-refractivity contribution in [1.29, 1.82) is 0 Å². The summed E-state index contributed by atoms with van der Waals surface area (Å²) < 4.78 is 0. The Hall–Kier alpha value is -0.550. The first kappa shape index (κ1) is 14.5. The predicted octanol–water partition coefficient (Wildman–Crippen LogP) is 1.77. The van der Waals surface area contributed by atoms with E-state index >= 15 is 0 Å². The van der Waals surface area contributed by atoms with E-state index in [4.69, 9.17) is 5.73 Å². The van der Waals surface area contributed by atoms with Crippen LogP contribution < -0.4 is 5.73 Å². The molecule has 0 amide bonds. The Bertz CT molecular complexity index is 194. The molecule has 1 atom stereocenters. The van der Waals surface area contributed by atoms with Crippen LogP contribution in [0.15, 0.2) is 0 Å². The smallest absolute Gasteiger partial charge is 0.294 e. The third-order valence-corrected chi connectivity index (χ3v) is 3.05. The quantitative estimate of drug-likeness (QED) is 0.598. The molecule has 2 N–H and O–H groups in total. The minimum absolute atomic E-state index is 0. The summed E-state index contributed by atoms with van der Waals surface area (Å²) in [7, 11) is 0. The third-order valence-electron chi connectivity index (χ3n) is 3.05. The van der Waals surface area contributed by atoms with Crippen molar-refractivity contribution >= 4 is 12.4 Å². The Labute approximate surface area is 95.9 Å². The third kappa shape index (κ3) is 5.18. The lowest BCUT2D eigenvalue weighted by atomic mass is 9.79. The van der Waals surface area contributed by atoms with Crippen molar-refractivity contribution in [2.45, 2.75) is 38.6 Å². The van der Waals surface area contributed by atoms with Crippen LogP contribution >= 0.6 is 12.4 Å². The second-order valence-electron chi connectivity index (χ2n) is 4.16. The Morgan fingerprint density at radius 3 is 2.40 bits per heavy atom. The van der Waals surface area contributed by atoms with Gasteiger partial charge in [0, 0.05) is 6.04 Å². The van der Waals surface area contributed by atoms with Crippen LogP contribution in [-0.2, 0) is 4.84 Å². The van der Waals surface area contributed by atoms with Crippen molar-refractivity contribution in [3.63, 3.8) is 0 Å². The molecule has 0 heterocycles. The zero-order valence-corrected chi connectivity index (χ0v) is 9.74. The Morgan fingerprint density at radius 1 is 1.47 bits per heavy atom. The zero-order chi connectivity index (χ0) is 10.6. The second-order valence-corrected chi connectivity index (χ2v) is 4.16. The topological polar surface area (TPSA) is 78.4 Å². The summed E-state index contributed by atoms with van der Waals surface area (Å²) in [5, 5.41) is 9.27. The minimum atomic E-state index is -0.711. The van der Waals surface area contributed by atoms with E-state index in [2.05, 4.69) is 4.84 Å². The molecule has 0 aromatic carbocycles. The molecule has 5 nitrogen and oxygen atoms in total. The van der Waals surface area contributed by atoms with Crippen molar-refractivity contribution in [3.05, 3.63) is 10.1 Å². The Balaban J connectivity index is 0.00000196. The highest BCUT2D eigenvalue weighted by Gasteiger charge is 2.23. The summed E-state index contributed by atoms with van der Waals surface area (Å²) in [6.07, 6.45) is 4.15. The van der Waals surface area contributed by atoms with Crippen molar-refractivity contribution in [1.82, 2.24) is 0 Å². The molecular weight excluding hydrogens is 220 g/mol. The minimum Gasteiger partial charge on any atom is -0.328 e. The highest BCUT2D eigenvalue weighted by atomic mass is 35.5. The second kappa shape index (κ2) is 6.85. The molecule has 0 saturated heterocycles. The van der Waals surface area contributed by atoms with Crippen molar-refractivity contribution in [3.8, 4) is 0 Å². The zero-order valence-electron chi connectivity index (χ0n) is 8.93. The lowest BCUT2D eigenvalue weighted by Gasteiger charge is -2.29. The van der Waals surface area contributed by atoms with Gasteiger partial charge in [0.1, 0.15) is 0 Å². The van der Waals surface area contributed by atoms with Gasteiger partial charge in [0.05, 0.1) is 6.61 Å². The normalized spacial score (nSPS) is 27.6. The van der Waals surface area contributed by atoms with E-state index < -0.39 is 5.09 Å². The highest BCUT2D eigenvalue weighted by molar-refractivity contribution is 5.85. The molecule has 6 heteroatoms. The van der Waals surface area contributed by atoms with Gasteiger partial charge in [-0.1, -0.05) is 0 Å². The van der Waals surface area contributed by atoms with E-state index in [0.29, 0.717) is 11.8 Å². The maximum absolute atomic E-state index is 9.98. The van der Waals surface area contributed by atoms with Crippen LogP contribution in [0.5, 0.6) is 0 Å². The van der Waals surface area contributed by atoms with Gasteiger partial charge in [0.25, 0.3) is 5.09 Å².